The minimum absolute atomic E-state index is 1.02. The molecule has 0 spiro atoms. The van der Waals surface area contributed by atoms with Gasteiger partial charge in [0.2, 0.25) is 0 Å². The lowest BCUT2D eigenvalue weighted by atomic mass is 10.2. The highest BCUT2D eigenvalue weighted by Gasteiger charge is 2.01. The van der Waals surface area contributed by atoms with Crippen molar-refractivity contribution in [3.05, 3.63) is 28.9 Å². The Bertz CT molecular complexity index is 434. The zero-order valence-corrected chi connectivity index (χ0v) is 9.79. The summed E-state index contributed by atoms with van der Waals surface area (Å²) in [6, 6.07) is 6.28. The van der Waals surface area contributed by atoms with Crippen molar-refractivity contribution in [2.24, 2.45) is 0 Å². The molecule has 74 valence electrons. The number of fused-ring (bicyclic) bond motifs is 1. The largest absolute Gasteiger partial charge is 0.265 e. The Morgan fingerprint density at radius 3 is 3.07 bits per heavy atom. The molecule has 0 aliphatic carbocycles. The fourth-order valence-electron chi connectivity index (χ4n) is 1.54. The average Bonchev–Trinajstić information content (AvgIpc) is 2.57. The molecule has 1 aromatic heterocycles. The summed E-state index contributed by atoms with van der Waals surface area (Å²) >= 11 is 3.46. The van der Waals surface area contributed by atoms with Gasteiger partial charge in [-0.1, -0.05) is 29.3 Å². The SMILES string of the molecule is CCCCn1ncc2cc(Br)ccc21. The maximum absolute atomic E-state index is 4.37. The van der Waals surface area contributed by atoms with E-state index in [2.05, 4.69) is 50.8 Å². The van der Waals surface area contributed by atoms with E-state index in [1.807, 2.05) is 6.20 Å². The van der Waals surface area contributed by atoms with Crippen LogP contribution in [0, 0.1) is 0 Å². The van der Waals surface area contributed by atoms with Gasteiger partial charge in [-0.3, -0.25) is 4.68 Å². The molecule has 0 bridgehead atoms. The molecule has 1 heterocycles. The first kappa shape index (κ1) is 9.71. The summed E-state index contributed by atoms with van der Waals surface area (Å²) in [5, 5.41) is 5.57. The molecule has 0 aliphatic heterocycles. The molecule has 0 saturated carbocycles. The predicted octanol–water partition coefficient (Wildman–Crippen LogP) is 3.60. The zero-order valence-electron chi connectivity index (χ0n) is 8.20. The monoisotopic (exact) mass is 252 g/mol. The van der Waals surface area contributed by atoms with E-state index in [1.165, 1.54) is 23.7 Å². The van der Waals surface area contributed by atoms with Crippen LogP contribution in [0.15, 0.2) is 28.9 Å². The summed E-state index contributed by atoms with van der Waals surface area (Å²) in [6.07, 6.45) is 4.32. The van der Waals surface area contributed by atoms with Crippen LogP contribution in [-0.2, 0) is 6.54 Å². The van der Waals surface area contributed by atoms with Gasteiger partial charge in [-0.15, -0.1) is 0 Å². The zero-order chi connectivity index (χ0) is 9.97. The third kappa shape index (κ3) is 1.82. The second-order valence-electron chi connectivity index (χ2n) is 3.42. The van der Waals surface area contributed by atoms with Gasteiger partial charge in [0, 0.05) is 16.4 Å². The Labute approximate surface area is 92.0 Å². The van der Waals surface area contributed by atoms with Crippen LogP contribution in [0.2, 0.25) is 0 Å². The van der Waals surface area contributed by atoms with Crippen LogP contribution in [0.25, 0.3) is 10.9 Å². The summed E-state index contributed by atoms with van der Waals surface area (Å²) in [5.41, 5.74) is 1.22. The summed E-state index contributed by atoms with van der Waals surface area (Å²) in [5.74, 6) is 0. The average molecular weight is 253 g/mol. The highest BCUT2D eigenvalue weighted by atomic mass is 79.9. The van der Waals surface area contributed by atoms with Gasteiger partial charge < -0.3 is 0 Å². The molecule has 0 fully saturated rings. The van der Waals surface area contributed by atoms with E-state index >= 15 is 0 Å². The van der Waals surface area contributed by atoms with Crippen LogP contribution >= 0.6 is 15.9 Å². The van der Waals surface area contributed by atoms with Gasteiger partial charge in [-0.05, 0) is 24.6 Å². The molecule has 0 aliphatic rings. The van der Waals surface area contributed by atoms with E-state index in [1.54, 1.807) is 0 Å². The van der Waals surface area contributed by atoms with Crippen molar-refractivity contribution in [1.29, 1.82) is 0 Å². The molecular formula is C11H13BrN2. The molecule has 2 nitrogen and oxygen atoms in total. The van der Waals surface area contributed by atoms with Crippen molar-refractivity contribution in [3.8, 4) is 0 Å². The molecule has 0 amide bonds. The number of hydrogen-bond donors (Lipinski definition) is 0. The number of nitrogens with zero attached hydrogens (tertiary/aromatic N) is 2. The summed E-state index contributed by atoms with van der Waals surface area (Å²) in [4.78, 5) is 0. The van der Waals surface area contributed by atoms with Crippen LogP contribution in [0.3, 0.4) is 0 Å². The Hall–Kier alpha value is -0.830. The molecule has 3 heteroatoms. The van der Waals surface area contributed by atoms with Crippen LogP contribution in [0.5, 0.6) is 0 Å². The number of aromatic nitrogens is 2. The maximum atomic E-state index is 4.37. The molecule has 0 saturated heterocycles. The van der Waals surface area contributed by atoms with E-state index in [9.17, 15) is 0 Å². The van der Waals surface area contributed by atoms with Crippen molar-refractivity contribution in [2.75, 3.05) is 0 Å². The fourth-order valence-corrected chi connectivity index (χ4v) is 1.92. The number of unbranched alkanes of at least 4 members (excludes halogenated alkanes) is 1. The molecule has 14 heavy (non-hydrogen) atoms. The topological polar surface area (TPSA) is 17.8 Å². The van der Waals surface area contributed by atoms with Crippen LogP contribution in [0.1, 0.15) is 19.8 Å². The third-order valence-electron chi connectivity index (χ3n) is 2.33. The van der Waals surface area contributed by atoms with Gasteiger partial charge in [-0.25, -0.2) is 0 Å². The van der Waals surface area contributed by atoms with Crippen LogP contribution in [-0.4, -0.2) is 9.78 Å². The highest BCUT2D eigenvalue weighted by Crippen LogP contribution is 2.19. The Morgan fingerprint density at radius 1 is 1.43 bits per heavy atom. The second-order valence-corrected chi connectivity index (χ2v) is 4.34. The van der Waals surface area contributed by atoms with Crippen molar-refractivity contribution in [1.82, 2.24) is 9.78 Å². The molecule has 0 unspecified atom stereocenters. The quantitative estimate of drug-likeness (QED) is 0.817. The number of halogens is 1. The molecule has 0 atom stereocenters. The lowest BCUT2D eigenvalue weighted by molar-refractivity contribution is 0.588. The molecule has 1 aromatic carbocycles. The first-order valence-corrected chi connectivity index (χ1v) is 5.71. The van der Waals surface area contributed by atoms with E-state index in [0.717, 1.165) is 11.0 Å². The lowest BCUT2D eigenvalue weighted by Crippen LogP contribution is -1.98. The minimum Gasteiger partial charge on any atom is -0.265 e. The van der Waals surface area contributed by atoms with Crippen LogP contribution < -0.4 is 0 Å². The van der Waals surface area contributed by atoms with Gasteiger partial charge in [-0.2, -0.15) is 5.10 Å². The molecular weight excluding hydrogens is 240 g/mol. The molecule has 2 aromatic rings. The Balaban J connectivity index is 2.37. The van der Waals surface area contributed by atoms with Crippen molar-refractivity contribution < 1.29 is 0 Å². The highest BCUT2D eigenvalue weighted by molar-refractivity contribution is 9.10. The van der Waals surface area contributed by atoms with Gasteiger partial charge in [0.1, 0.15) is 0 Å². The van der Waals surface area contributed by atoms with Crippen molar-refractivity contribution >= 4 is 26.8 Å². The number of hydrogen-bond acceptors (Lipinski definition) is 1. The minimum atomic E-state index is 1.02. The lowest BCUT2D eigenvalue weighted by Gasteiger charge is -2.01. The molecule has 0 N–H and O–H groups in total. The predicted molar refractivity (Wildman–Crippen MR) is 62.3 cm³/mol. The normalized spacial score (nSPS) is 11.0. The standard InChI is InChI=1S/C11H13BrN2/c1-2-3-6-14-11-5-4-10(12)7-9(11)8-13-14/h4-5,7-8H,2-3,6H2,1H3. The van der Waals surface area contributed by atoms with Crippen molar-refractivity contribution in [3.63, 3.8) is 0 Å². The maximum Gasteiger partial charge on any atom is 0.0683 e. The van der Waals surface area contributed by atoms with Gasteiger partial charge >= 0.3 is 0 Å². The summed E-state index contributed by atoms with van der Waals surface area (Å²) in [7, 11) is 0. The van der Waals surface area contributed by atoms with Crippen molar-refractivity contribution in [2.45, 2.75) is 26.3 Å². The summed E-state index contributed by atoms with van der Waals surface area (Å²) < 4.78 is 3.19. The van der Waals surface area contributed by atoms with Gasteiger partial charge in [0.05, 0.1) is 11.7 Å². The van der Waals surface area contributed by atoms with Gasteiger partial charge in [0.15, 0.2) is 0 Å². The number of aryl methyl sites for hydroxylation is 1. The first-order chi connectivity index (χ1) is 6.81. The first-order valence-electron chi connectivity index (χ1n) is 4.92. The van der Waals surface area contributed by atoms with E-state index < -0.39 is 0 Å². The Morgan fingerprint density at radius 2 is 2.29 bits per heavy atom. The van der Waals surface area contributed by atoms with E-state index in [4.69, 9.17) is 0 Å². The van der Waals surface area contributed by atoms with E-state index in [-0.39, 0.29) is 0 Å². The van der Waals surface area contributed by atoms with Crippen LogP contribution in [0.4, 0.5) is 0 Å². The molecule has 2 rings (SSSR count). The number of rotatable bonds is 3. The molecule has 0 radical (unpaired) electrons. The van der Waals surface area contributed by atoms with E-state index in [0.29, 0.717) is 0 Å². The third-order valence-corrected chi connectivity index (χ3v) is 2.82. The summed E-state index contributed by atoms with van der Waals surface area (Å²) in [6.45, 7) is 3.21. The Kier molecular flexibility index (Phi) is 2.87. The second kappa shape index (κ2) is 4.13. The fraction of sp³-hybridized carbons (Fsp3) is 0.364. The van der Waals surface area contributed by atoms with Gasteiger partial charge in [0.25, 0.3) is 0 Å². The number of benzene rings is 1. The smallest absolute Gasteiger partial charge is 0.0683 e.